The number of methoxy groups -OCH3 is 1. The molecule has 0 saturated carbocycles. The number of benzene rings is 1. The van der Waals surface area contributed by atoms with E-state index < -0.39 is 0 Å². The fourth-order valence-electron chi connectivity index (χ4n) is 2.12. The first-order valence-corrected chi connectivity index (χ1v) is 9.56. The number of amidine groups is 1. The first-order chi connectivity index (χ1) is 12.1. The smallest absolute Gasteiger partial charge is 0.187 e. The average molecular weight is 380 g/mol. The van der Waals surface area contributed by atoms with Crippen molar-refractivity contribution in [2.75, 3.05) is 32.1 Å². The number of rotatable bonds is 7. The van der Waals surface area contributed by atoms with Crippen LogP contribution in [-0.2, 0) is 4.74 Å². The van der Waals surface area contributed by atoms with E-state index in [1.807, 2.05) is 43.0 Å². The zero-order valence-electron chi connectivity index (χ0n) is 14.8. The Labute approximate surface area is 158 Å². The molecule has 25 heavy (non-hydrogen) atoms. The van der Waals surface area contributed by atoms with Crippen LogP contribution in [0.25, 0.3) is 0 Å². The molecular formula is C17H25N5OS2. The Morgan fingerprint density at radius 2 is 2.16 bits per heavy atom. The standard InChI is InChI=1S/C17H25N5OS2/c1-4-15-11-19-17(25-15)20-14-7-5-13(6-8-14)12(2)21-22-16(24)18-9-10-23-3/h5-8,15H,4,9-11H2,1-3H3,(H,19,20)(H2,18,22,24)/b21-12-/t15-/m1/s1. The molecule has 1 atom stereocenters. The predicted molar refractivity (Wildman–Crippen MR) is 112 cm³/mol. The van der Waals surface area contributed by atoms with Gasteiger partial charge in [0.1, 0.15) is 0 Å². The fraction of sp³-hybridized carbons (Fsp3) is 0.471. The van der Waals surface area contributed by atoms with E-state index >= 15 is 0 Å². The molecule has 0 saturated heterocycles. The van der Waals surface area contributed by atoms with Gasteiger partial charge in [-0.25, -0.2) is 0 Å². The van der Waals surface area contributed by atoms with E-state index in [4.69, 9.17) is 17.0 Å². The van der Waals surface area contributed by atoms with Gasteiger partial charge in [0.2, 0.25) is 0 Å². The van der Waals surface area contributed by atoms with Gasteiger partial charge >= 0.3 is 0 Å². The number of ether oxygens (including phenoxy) is 1. The lowest BCUT2D eigenvalue weighted by atomic mass is 10.1. The molecule has 0 radical (unpaired) electrons. The van der Waals surface area contributed by atoms with Crippen LogP contribution in [0.2, 0.25) is 0 Å². The van der Waals surface area contributed by atoms with E-state index in [0.717, 1.165) is 35.1 Å². The lowest BCUT2D eigenvalue weighted by Gasteiger charge is -2.09. The number of thioether (sulfide) groups is 1. The number of thiocarbonyl (C=S) groups is 1. The van der Waals surface area contributed by atoms with Crippen molar-refractivity contribution in [1.82, 2.24) is 10.7 Å². The van der Waals surface area contributed by atoms with E-state index in [2.05, 4.69) is 33.1 Å². The summed E-state index contributed by atoms with van der Waals surface area (Å²) in [5.41, 5.74) is 5.77. The normalized spacial score (nSPS) is 17.2. The number of hydrogen-bond donors (Lipinski definition) is 3. The van der Waals surface area contributed by atoms with Crippen LogP contribution in [0.4, 0.5) is 5.69 Å². The maximum Gasteiger partial charge on any atom is 0.187 e. The largest absolute Gasteiger partial charge is 0.383 e. The number of aliphatic imine (C=N–C) groups is 1. The van der Waals surface area contributed by atoms with E-state index in [0.29, 0.717) is 23.5 Å². The molecule has 1 aliphatic rings. The average Bonchev–Trinajstić information content (AvgIpc) is 3.08. The first-order valence-electron chi connectivity index (χ1n) is 8.28. The van der Waals surface area contributed by atoms with E-state index in [9.17, 15) is 0 Å². The minimum absolute atomic E-state index is 0.483. The third kappa shape index (κ3) is 6.64. The van der Waals surface area contributed by atoms with Crippen molar-refractivity contribution in [2.45, 2.75) is 25.5 Å². The lowest BCUT2D eigenvalue weighted by molar-refractivity contribution is 0.204. The Morgan fingerprint density at radius 1 is 1.40 bits per heavy atom. The van der Waals surface area contributed by atoms with E-state index in [-0.39, 0.29) is 0 Å². The summed E-state index contributed by atoms with van der Waals surface area (Å²) in [6, 6.07) is 8.13. The molecule has 6 nitrogen and oxygen atoms in total. The van der Waals surface area contributed by atoms with Gasteiger partial charge in [-0.3, -0.25) is 10.4 Å². The highest BCUT2D eigenvalue weighted by molar-refractivity contribution is 8.15. The molecule has 0 fully saturated rings. The van der Waals surface area contributed by atoms with Gasteiger partial charge in [-0.05, 0) is 43.3 Å². The van der Waals surface area contributed by atoms with Crippen LogP contribution in [-0.4, -0.2) is 48.0 Å². The molecule has 0 aromatic heterocycles. The van der Waals surface area contributed by atoms with Gasteiger partial charge in [-0.15, -0.1) is 0 Å². The molecule has 136 valence electrons. The van der Waals surface area contributed by atoms with Gasteiger partial charge in [0, 0.05) is 24.6 Å². The molecule has 1 aromatic carbocycles. The maximum absolute atomic E-state index is 5.15. The van der Waals surface area contributed by atoms with Gasteiger partial charge in [0.25, 0.3) is 0 Å². The van der Waals surface area contributed by atoms with Crippen molar-refractivity contribution >= 4 is 45.7 Å². The summed E-state index contributed by atoms with van der Waals surface area (Å²) >= 11 is 6.96. The van der Waals surface area contributed by atoms with Gasteiger partial charge in [-0.2, -0.15) is 5.10 Å². The maximum atomic E-state index is 5.15. The number of nitrogens with one attached hydrogen (secondary N) is 3. The second-order valence-electron chi connectivity index (χ2n) is 5.55. The zero-order valence-corrected chi connectivity index (χ0v) is 16.5. The highest BCUT2D eigenvalue weighted by Crippen LogP contribution is 2.24. The Morgan fingerprint density at radius 3 is 2.80 bits per heavy atom. The van der Waals surface area contributed by atoms with Crippen molar-refractivity contribution in [3.8, 4) is 0 Å². The molecular weight excluding hydrogens is 354 g/mol. The quantitative estimate of drug-likeness (QED) is 0.293. The van der Waals surface area contributed by atoms with Crippen LogP contribution in [0, 0.1) is 0 Å². The summed E-state index contributed by atoms with van der Waals surface area (Å²) in [5, 5.41) is 12.8. The van der Waals surface area contributed by atoms with Gasteiger partial charge in [0.15, 0.2) is 10.3 Å². The van der Waals surface area contributed by atoms with Crippen molar-refractivity contribution in [3.63, 3.8) is 0 Å². The third-order valence-corrected chi connectivity index (χ3v) is 5.15. The Hall–Kier alpha value is -1.64. The molecule has 1 heterocycles. The SMILES string of the molecule is CC[C@@H]1CN=C(Nc2ccc(/C(C)=N\NC(=S)NCCOC)cc2)S1. The number of anilines is 1. The van der Waals surface area contributed by atoms with Crippen LogP contribution in [0.5, 0.6) is 0 Å². The predicted octanol–water partition coefficient (Wildman–Crippen LogP) is 2.81. The van der Waals surface area contributed by atoms with Gasteiger partial charge < -0.3 is 15.4 Å². The van der Waals surface area contributed by atoms with Crippen LogP contribution in [0.15, 0.2) is 34.4 Å². The second kappa shape index (κ2) is 10.4. The van der Waals surface area contributed by atoms with Crippen molar-refractivity contribution < 1.29 is 4.74 Å². The molecule has 0 aliphatic carbocycles. The summed E-state index contributed by atoms with van der Waals surface area (Å²) in [5.74, 6) is 0. The van der Waals surface area contributed by atoms with Crippen molar-refractivity contribution in [3.05, 3.63) is 29.8 Å². The molecule has 0 bridgehead atoms. The van der Waals surface area contributed by atoms with E-state index in [1.165, 1.54) is 0 Å². The van der Waals surface area contributed by atoms with Crippen molar-refractivity contribution in [2.24, 2.45) is 10.1 Å². The third-order valence-electron chi connectivity index (χ3n) is 3.64. The summed E-state index contributed by atoms with van der Waals surface area (Å²) < 4.78 is 4.96. The Balaban J connectivity index is 1.84. The minimum atomic E-state index is 0.483. The Kier molecular flexibility index (Phi) is 8.17. The summed E-state index contributed by atoms with van der Waals surface area (Å²) in [6.07, 6.45) is 1.14. The molecule has 0 spiro atoms. The summed E-state index contributed by atoms with van der Waals surface area (Å²) in [7, 11) is 1.65. The summed E-state index contributed by atoms with van der Waals surface area (Å²) in [4.78, 5) is 4.52. The highest BCUT2D eigenvalue weighted by atomic mass is 32.2. The monoisotopic (exact) mass is 379 g/mol. The van der Waals surface area contributed by atoms with Crippen LogP contribution in [0.3, 0.4) is 0 Å². The molecule has 0 unspecified atom stereocenters. The number of nitrogens with zero attached hydrogens (tertiary/aromatic N) is 2. The fourth-order valence-corrected chi connectivity index (χ4v) is 3.23. The number of hydrogen-bond acceptors (Lipinski definition) is 6. The molecule has 0 amide bonds. The van der Waals surface area contributed by atoms with Crippen LogP contribution in [0.1, 0.15) is 25.8 Å². The van der Waals surface area contributed by atoms with Gasteiger partial charge in [0.05, 0.1) is 18.9 Å². The molecule has 3 N–H and O–H groups in total. The van der Waals surface area contributed by atoms with E-state index in [1.54, 1.807) is 7.11 Å². The molecule has 2 rings (SSSR count). The second-order valence-corrected chi connectivity index (χ2v) is 7.25. The minimum Gasteiger partial charge on any atom is -0.383 e. The summed E-state index contributed by atoms with van der Waals surface area (Å²) in [6.45, 7) is 6.28. The topological polar surface area (TPSA) is 70.0 Å². The van der Waals surface area contributed by atoms with Crippen LogP contribution >= 0.6 is 24.0 Å². The first kappa shape index (κ1) is 19.7. The van der Waals surface area contributed by atoms with Crippen molar-refractivity contribution in [1.29, 1.82) is 0 Å². The number of hydrazone groups is 1. The highest BCUT2D eigenvalue weighted by Gasteiger charge is 2.17. The van der Waals surface area contributed by atoms with Crippen LogP contribution < -0.4 is 16.1 Å². The molecule has 1 aromatic rings. The molecule has 1 aliphatic heterocycles. The lowest BCUT2D eigenvalue weighted by Crippen LogP contribution is -2.34. The Bertz CT molecular complexity index is 630. The van der Waals surface area contributed by atoms with Gasteiger partial charge in [-0.1, -0.05) is 30.8 Å². The molecule has 8 heteroatoms. The zero-order chi connectivity index (χ0) is 18.1.